The van der Waals surface area contributed by atoms with Gasteiger partial charge in [-0.05, 0) is 57.3 Å². The number of rotatable bonds is 5. The molecule has 0 aliphatic heterocycles. The summed E-state index contributed by atoms with van der Waals surface area (Å²) < 4.78 is 0. The lowest BCUT2D eigenvalue weighted by molar-refractivity contribution is -0.157. The molecule has 0 saturated heterocycles. The Balaban J connectivity index is 2.77. The second-order valence-corrected chi connectivity index (χ2v) is 6.69. The Morgan fingerprint density at radius 1 is 1.39 bits per heavy atom. The molecule has 1 atom stereocenters. The number of aliphatic carboxylic acids is 1. The summed E-state index contributed by atoms with van der Waals surface area (Å²) in [5.41, 5.74) is -1.56. The minimum absolute atomic E-state index is 0.386. The first-order valence-electron chi connectivity index (χ1n) is 7.18. The standard InChI is InChI=1S/C15H28O3/c1-5-14(4,18)10-15(13(16)17)8-6-12(7-9-15)11(2)3/h11-12,18H,5-10H2,1-4H3,(H,16,17). The molecule has 1 rings (SSSR count). The predicted octanol–water partition coefficient (Wildman–Crippen LogP) is 3.45. The van der Waals surface area contributed by atoms with Crippen molar-refractivity contribution < 1.29 is 15.0 Å². The molecule has 1 aliphatic carbocycles. The van der Waals surface area contributed by atoms with Crippen molar-refractivity contribution in [1.82, 2.24) is 0 Å². The van der Waals surface area contributed by atoms with Crippen molar-refractivity contribution in [3.05, 3.63) is 0 Å². The SMILES string of the molecule is CCC(C)(O)CC1(C(=O)O)CCC(C(C)C)CC1. The topological polar surface area (TPSA) is 57.5 Å². The maximum Gasteiger partial charge on any atom is 0.309 e. The van der Waals surface area contributed by atoms with Crippen LogP contribution in [0.4, 0.5) is 0 Å². The van der Waals surface area contributed by atoms with Crippen molar-refractivity contribution in [1.29, 1.82) is 0 Å². The second kappa shape index (κ2) is 5.60. The molecule has 0 aromatic rings. The summed E-state index contributed by atoms with van der Waals surface area (Å²) in [6.45, 7) is 8.09. The fourth-order valence-corrected chi connectivity index (χ4v) is 3.18. The van der Waals surface area contributed by atoms with Crippen molar-refractivity contribution >= 4 is 5.97 Å². The van der Waals surface area contributed by atoms with E-state index >= 15 is 0 Å². The second-order valence-electron chi connectivity index (χ2n) is 6.69. The van der Waals surface area contributed by atoms with Crippen molar-refractivity contribution in [3.8, 4) is 0 Å². The number of aliphatic hydroxyl groups is 1. The lowest BCUT2D eigenvalue weighted by Gasteiger charge is -2.41. The van der Waals surface area contributed by atoms with Crippen molar-refractivity contribution in [2.24, 2.45) is 17.3 Å². The van der Waals surface area contributed by atoms with Gasteiger partial charge in [-0.1, -0.05) is 20.8 Å². The van der Waals surface area contributed by atoms with E-state index in [1.54, 1.807) is 6.92 Å². The molecule has 1 unspecified atom stereocenters. The molecule has 2 N–H and O–H groups in total. The highest BCUT2D eigenvalue weighted by molar-refractivity contribution is 5.74. The third kappa shape index (κ3) is 3.47. The lowest BCUT2D eigenvalue weighted by atomic mass is 9.64. The first-order chi connectivity index (χ1) is 8.22. The van der Waals surface area contributed by atoms with E-state index in [0.717, 1.165) is 12.8 Å². The number of carboxylic acids is 1. The summed E-state index contributed by atoms with van der Waals surface area (Å²) >= 11 is 0. The maximum absolute atomic E-state index is 11.6. The Morgan fingerprint density at radius 2 is 1.89 bits per heavy atom. The zero-order valence-corrected chi connectivity index (χ0v) is 12.2. The zero-order chi connectivity index (χ0) is 14.0. The van der Waals surface area contributed by atoms with Crippen LogP contribution in [0.5, 0.6) is 0 Å². The first kappa shape index (κ1) is 15.5. The smallest absolute Gasteiger partial charge is 0.309 e. The van der Waals surface area contributed by atoms with Gasteiger partial charge in [0, 0.05) is 0 Å². The molecule has 1 fully saturated rings. The van der Waals surface area contributed by atoms with Crippen LogP contribution in [0.25, 0.3) is 0 Å². The molecule has 3 nitrogen and oxygen atoms in total. The van der Waals surface area contributed by atoms with E-state index in [0.29, 0.717) is 37.5 Å². The highest BCUT2D eigenvalue weighted by Crippen LogP contribution is 2.46. The van der Waals surface area contributed by atoms with Crippen LogP contribution in [0.15, 0.2) is 0 Å². The molecule has 3 heteroatoms. The number of hydrogen-bond acceptors (Lipinski definition) is 2. The van der Waals surface area contributed by atoms with Gasteiger partial charge < -0.3 is 10.2 Å². The summed E-state index contributed by atoms with van der Waals surface area (Å²) in [4.78, 5) is 11.6. The Bertz CT molecular complexity index is 286. The monoisotopic (exact) mass is 256 g/mol. The third-order valence-corrected chi connectivity index (χ3v) is 4.86. The van der Waals surface area contributed by atoms with E-state index in [2.05, 4.69) is 13.8 Å². The van der Waals surface area contributed by atoms with Gasteiger partial charge in [0.05, 0.1) is 11.0 Å². The normalized spacial score (nSPS) is 32.2. The van der Waals surface area contributed by atoms with Crippen LogP contribution in [0.3, 0.4) is 0 Å². The van der Waals surface area contributed by atoms with Crippen LogP contribution in [0, 0.1) is 17.3 Å². The summed E-state index contributed by atoms with van der Waals surface area (Å²) in [5, 5.41) is 19.8. The van der Waals surface area contributed by atoms with Crippen LogP contribution >= 0.6 is 0 Å². The number of carboxylic acid groups (broad SMARTS) is 1. The minimum Gasteiger partial charge on any atom is -0.481 e. The van der Waals surface area contributed by atoms with Crippen molar-refractivity contribution in [2.75, 3.05) is 0 Å². The molecule has 1 saturated carbocycles. The number of carbonyl (C=O) groups is 1. The average Bonchev–Trinajstić information content (AvgIpc) is 2.29. The van der Waals surface area contributed by atoms with E-state index < -0.39 is 17.0 Å². The van der Waals surface area contributed by atoms with Gasteiger partial charge in [0.15, 0.2) is 0 Å². The minimum atomic E-state index is -0.858. The Labute approximate surface area is 111 Å². The molecular formula is C15H28O3. The summed E-state index contributed by atoms with van der Waals surface area (Å²) in [6, 6.07) is 0. The third-order valence-electron chi connectivity index (χ3n) is 4.86. The first-order valence-corrected chi connectivity index (χ1v) is 7.18. The molecule has 18 heavy (non-hydrogen) atoms. The summed E-state index contributed by atoms with van der Waals surface area (Å²) in [5.74, 6) is 0.547. The fourth-order valence-electron chi connectivity index (χ4n) is 3.18. The summed E-state index contributed by atoms with van der Waals surface area (Å²) in [6.07, 6.45) is 4.36. The van der Waals surface area contributed by atoms with Gasteiger partial charge in [0.2, 0.25) is 0 Å². The Morgan fingerprint density at radius 3 is 2.22 bits per heavy atom. The predicted molar refractivity (Wildman–Crippen MR) is 72.4 cm³/mol. The summed E-state index contributed by atoms with van der Waals surface area (Å²) in [7, 11) is 0. The number of hydrogen-bond donors (Lipinski definition) is 2. The fraction of sp³-hybridized carbons (Fsp3) is 0.933. The van der Waals surface area contributed by atoms with Gasteiger partial charge in [0.25, 0.3) is 0 Å². The lowest BCUT2D eigenvalue weighted by Crippen LogP contribution is -2.42. The van der Waals surface area contributed by atoms with Gasteiger partial charge in [-0.3, -0.25) is 4.79 Å². The van der Waals surface area contributed by atoms with E-state index in [-0.39, 0.29) is 0 Å². The van der Waals surface area contributed by atoms with Crippen LogP contribution in [-0.2, 0) is 4.79 Å². The van der Waals surface area contributed by atoms with E-state index in [4.69, 9.17) is 0 Å². The van der Waals surface area contributed by atoms with Crippen LogP contribution in [0.1, 0.15) is 66.2 Å². The molecule has 0 heterocycles. The molecule has 0 bridgehead atoms. The average molecular weight is 256 g/mol. The Kier molecular flexibility index (Phi) is 4.82. The van der Waals surface area contributed by atoms with Gasteiger partial charge >= 0.3 is 5.97 Å². The Hall–Kier alpha value is -0.570. The molecule has 0 spiro atoms. The largest absolute Gasteiger partial charge is 0.481 e. The van der Waals surface area contributed by atoms with Gasteiger partial charge in [0.1, 0.15) is 0 Å². The molecule has 1 aliphatic rings. The van der Waals surface area contributed by atoms with Crippen LogP contribution < -0.4 is 0 Å². The molecule has 0 amide bonds. The van der Waals surface area contributed by atoms with Crippen molar-refractivity contribution in [2.45, 2.75) is 71.8 Å². The zero-order valence-electron chi connectivity index (χ0n) is 12.2. The van der Waals surface area contributed by atoms with E-state index in [1.807, 2.05) is 6.92 Å². The van der Waals surface area contributed by atoms with Crippen molar-refractivity contribution in [3.63, 3.8) is 0 Å². The van der Waals surface area contributed by atoms with Gasteiger partial charge in [-0.25, -0.2) is 0 Å². The molecule has 0 radical (unpaired) electrons. The maximum atomic E-state index is 11.6. The van der Waals surface area contributed by atoms with Gasteiger partial charge in [-0.2, -0.15) is 0 Å². The molecule has 0 aromatic carbocycles. The van der Waals surface area contributed by atoms with E-state index in [9.17, 15) is 15.0 Å². The van der Waals surface area contributed by atoms with Gasteiger partial charge in [-0.15, -0.1) is 0 Å². The molecule has 106 valence electrons. The highest BCUT2D eigenvalue weighted by Gasteiger charge is 2.45. The van der Waals surface area contributed by atoms with Crippen LogP contribution in [-0.4, -0.2) is 21.8 Å². The van der Waals surface area contributed by atoms with E-state index in [1.165, 1.54) is 0 Å². The highest BCUT2D eigenvalue weighted by atomic mass is 16.4. The quantitative estimate of drug-likeness (QED) is 0.792. The van der Waals surface area contributed by atoms with Crippen LogP contribution in [0.2, 0.25) is 0 Å². The molecular weight excluding hydrogens is 228 g/mol. The molecule has 0 aromatic heterocycles.